The molecule has 1 saturated carbocycles. The number of carbonyl (C=O) groups excluding carboxylic acids is 1. The van der Waals surface area contributed by atoms with Gasteiger partial charge in [-0.3, -0.25) is 4.79 Å². The first kappa shape index (κ1) is 26.9. The second-order valence-electron chi connectivity index (χ2n) is 10.7. The summed E-state index contributed by atoms with van der Waals surface area (Å²) in [5, 5.41) is 0. The van der Waals surface area contributed by atoms with Crippen LogP contribution in [0, 0.1) is 11.3 Å². The summed E-state index contributed by atoms with van der Waals surface area (Å²) in [6.07, 6.45) is 19.7. The van der Waals surface area contributed by atoms with Gasteiger partial charge in [0.1, 0.15) is 0 Å². The standard InChI is InChI=1S/C30H50O2/c1-4-6-8-10-11-16-24-30(3,23-15-9-7-5-2)25-32-29(31)28-21-19-27(20-22-28)26-17-13-12-14-18-26/h12-14,17-18,27-28H,4-11,15-16,19-25H2,1-3H3/t27?,28?,30-/m0/s1. The van der Waals surface area contributed by atoms with Crippen molar-refractivity contribution >= 4 is 5.97 Å². The summed E-state index contributed by atoms with van der Waals surface area (Å²) in [6.45, 7) is 7.52. The van der Waals surface area contributed by atoms with Crippen LogP contribution < -0.4 is 0 Å². The molecule has 1 aliphatic carbocycles. The highest BCUT2D eigenvalue weighted by molar-refractivity contribution is 5.72. The van der Waals surface area contributed by atoms with E-state index < -0.39 is 0 Å². The van der Waals surface area contributed by atoms with Gasteiger partial charge in [-0.05, 0) is 50.0 Å². The fourth-order valence-electron chi connectivity index (χ4n) is 5.33. The summed E-state index contributed by atoms with van der Waals surface area (Å²) in [4.78, 5) is 12.9. The van der Waals surface area contributed by atoms with Gasteiger partial charge in [0.05, 0.1) is 12.5 Å². The van der Waals surface area contributed by atoms with Crippen LogP contribution in [0.15, 0.2) is 30.3 Å². The topological polar surface area (TPSA) is 26.3 Å². The minimum atomic E-state index is 0.0687. The van der Waals surface area contributed by atoms with Crippen LogP contribution in [-0.4, -0.2) is 12.6 Å². The molecule has 1 aromatic rings. The quantitative estimate of drug-likeness (QED) is 0.188. The van der Waals surface area contributed by atoms with E-state index >= 15 is 0 Å². The van der Waals surface area contributed by atoms with Crippen molar-refractivity contribution in [2.75, 3.05) is 6.61 Å². The summed E-state index contributed by atoms with van der Waals surface area (Å²) in [5.74, 6) is 0.782. The minimum Gasteiger partial charge on any atom is -0.465 e. The van der Waals surface area contributed by atoms with Crippen LogP contribution in [0.1, 0.15) is 135 Å². The number of rotatable bonds is 16. The lowest BCUT2D eigenvalue weighted by atomic mass is 9.78. The molecule has 0 spiro atoms. The lowest BCUT2D eigenvalue weighted by molar-refractivity contribution is -0.153. The Hall–Kier alpha value is -1.31. The average Bonchev–Trinajstić information content (AvgIpc) is 2.83. The smallest absolute Gasteiger partial charge is 0.308 e. The zero-order valence-corrected chi connectivity index (χ0v) is 21.4. The predicted octanol–water partition coefficient (Wildman–Crippen LogP) is 9.23. The Bertz CT molecular complexity index is 603. The van der Waals surface area contributed by atoms with E-state index in [0.717, 1.165) is 25.7 Å². The molecule has 182 valence electrons. The first-order valence-electron chi connectivity index (χ1n) is 13.8. The highest BCUT2D eigenvalue weighted by atomic mass is 16.5. The molecule has 0 heterocycles. The van der Waals surface area contributed by atoms with Gasteiger partial charge in [0.2, 0.25) is 0 Å². The summed E-state index contributed by atoms with van der Waals surface area (Å²) in [5.41, 5.74) is 1.58. The molecular formula is C30H50O2. The number of carbonyl (C=O) groups is 1. The molecule has 2 heteroatoms. The molecule has 0 unspecified atom stereocenters. The van der Waals surface area contributed by atoms with Crippen LogP contribution in [0.25, 0.3) is 0 Å². The molecule has 0 aliphatic heterocycles. The number of hydrogen-bond donors (Lipinski definition) is 0. The van der Waals surface area contributed by atoms with Crippen LogP contribution in [0.3, 0.4) is 0 Å². The van der Waals surface area contributed by atoms with E-state index in [1.807, 2.05) is 0 Å². The summed E-state index contributed by atoms with van der Waals surface area (Å²) < 4.78 is 6.00. The van der Waals surface area contributed by atoms with E-state index in [4.69, 9.17) is 4.74 Å². The number of unbranched alkanes of at least 4 members (excludes halogenated alkanes) is 8. The van der Waals surface area contributed by atoms with E-state index in [-0.39, 0.29) is 17.3 Å². The largest absolute Gasteiger partial charge is 0.465 e. The Labute approximate surface area is 198 Å². The van der Waals surface area contributed by atoms with Crippen molar-refractivity contribution in [3.05, 3.63) is 35.9 Å². The second kappa shape index (κ2) is 15.5. The van der Waals surface area contributed by atoms with Gasteiger partial charge in [0.25, 0.3) is 0 Å². The lowest BCUT2D eigenvalue weighted by Crippen LogP contribution is -2.29. The van der Waals surface area contributed by atoms with Crippen molar-refractivity contribution in [2.24, 2.45) is 11.3 Å². The maximum Gasteiger partial charge on any atom is 0.308 e. The van der Waals surface area contributed by atoms with Crippen molar-refractivity contribution < 1.29 is 9.53 Å². The summed E-state index contributed by atoms with van der Waals surface area (Å²) in [7, 11) is 0. The SMILES string of the molecule is CCCCCCCC[C@](C)(CCCCCC)COC(=O)C1CCC(c2ccccc2)CC1. The van der Waals surface area contributed by atoms with Gasteiger partial charge in [-0.1, -0.05) is 115 Å². The van der Waals surface area contributed by atoms with Gasteiger partial charge >= 0.3 is 5.97 Å². The molecule has 2 rings (SSSR count). The molecular weight excluding hydrogens is 392 g/mol. The molecule has 32 heavy (non-hydrogen) atoms. The number of ether oxygens (including phenoxy) is 1. The maximum atomic E-state index is 12.9. The summed E-state index contributed by atoms with van der Waals surface area (Å²) in [6, 6.07) is 10.8. The highest BCUT2D eigenvalue weighted by Gasteiger charge is 2.31. The molecule has 1 atom stereocenters. The molecule has 2 nitrogen and oxygen atoms in total. The molecule has 1 fully saturated rings. The Morgan fingerprint density at radius 2 is 1.34 bits per heavy atom. The van der Waals surface area contributed by atoms with Gasteiger partial charge < -0.3 is 4.74 Å². The molecule has 1 aromatic carbocycles. The van der Waals surface area contributed by atoms with Gasteiger partial charge in [-0.25, -0.2) is 0 Å². The Balaban J connectivity index is 1.77. The summed E-state index contributed by atoms with van der Waals surface area (Å²) >= 11 is 0. The van der Waals surface area contributed by atoms with Crippen LogP contribution in [0.4, 0.5) is 0 Å². The number of esters is 1. The van der Waals surface area contributed by atoms with Crippen LogP contribution >= 0.6 is 0 Å². The fourth-order valence-corrected chi connectivity index (χ4v) is 5.33. The Morgan fingerprint density at radius 1 is 0.812 bits per heavy atom. The van der Waals surface area contributed by atoms with Crippen molar-refractivity contribution in [3.8, 4) is 0 Å². The molecule has 0 radical (unpaired) electrons. The minimum absolute atomic E-state index is 0.0687. The molecule has 0 bridgehead atoms. The van der Waals surface area contributed by atoms with E-state index in [2.05, 4.69) is 51.1 Å². The Kier molecular flexibility index (Phi) is 13.1. The molecule has 0 aromatic heterocycles. The third-order valence-electron chi connectivity index (χ3n) is 7.66. The van der Waals surface area contributed by atoms with Gasteiger partial charge in [0.15, 0.2) is 0 Å². The lowest BCUT2D eigenvalue weighted by Gasteiger charge is -2.32. The third-order valence-corrected chi connectivity index (χ3v) is 7.66. The van der Waals surface area contributed by atoms with E-state index in [0.29, 0.717) is 12.5 Å². The molecule has 0 amide bonds. The molecule has 0 N–H and O–H groups in total. The zero-order chi connectivity index (χ0) is 23.1. The van der Waals surface area contributed by atoms with Crippen molar-refractivity contribution in [1.82, 2.24) is 0 Å². The molecule has 1 aliphatic rings. The predicted molar refractivity (Wildman–Crippen MR) is 137 cm³/mol. The fraction of sp³-hybridized carbons (Fsp3) is 0.767. The second-order valence-corrected chi connectivity index (χ2v) is 10.7. The first-order valence-corrected chi connectivity index (χ1v) is 13.8. The first-order chi connectivity index (χ1) is 15.6. The van der Waals surface area contributed by atoms with E-state index in [1.165, 1.54) is 82.6 Å². The van der Waals surface area contributed by atoms with Crippen molar-refractivity contribution in [1.29, 1.82) is 0 Å². The average molecular weight is 443 g/mol. The monoisotopic (exact) mass is 442 g/mol. The van der Waals surface area contributed by atoms with Crippen LogP contribution in [0.2, 0.25) is 0 Å². The van der Waals surface area contributed by atoms with Gasteiger partial charge in [-0.2, -0.15) is 0 Å². The van der Waals surface area contributed by atoms with Crippen LogP contribution in [0.5, 0.6) is 0 Å². The molecule has 0 saturated heterocycles. The van der Waals surface area contributed by atoms with Crippen molar-refractivity contribution in [3.63, 3.8) is 0 Å². The normalized spacial score (nSPS) is 20.6. The van der Waals surface area contributed by atoms with Gasteiger partial charge in [0, 0.05) is 5.41 Å². The van der Waals surface area contributed by atoms with E-state index in [1.54, 1.807) is 0 Å². The van der Waals surface area contributed by atoms with Crippen LogP contribution in [-0.2, 0) is 9.53 Å². The Morgan fingerprint density at radius 3 is 1.94 bits per heavy atom. The number of benzene rings is 1. The van der Waals surface area contributed by atoms with Gasteiger partial charge in [-0.15, -0.1) is 0 Å². The van der Waals surface area contributed by atoms with E-state index in [9.17, 15) is 4.79 Å². The maximum absolute atomic E-state index is 12.9. The third kappa shape index (κ3) is 10.1. The zero-order valence-electron chi connectivity index (χ0n) is 21.4. The highest BCUT2D eigenvalue weighted by Crippen LogP contribution is 2.37. The number of hydrogen-bond acceptors (Lipinski definition) is 2. The van der Waals surface area contributed by atoms with Crippen molar-refractivity contribution in [2.45, 2.75) is 129 Å².